The molecule has 0 fully saturated rings. The SMILES string of the molecule is O=C(O)C(O)COc1ccccc1F. The average molecular weight is 200 g/mol. The first-order valence-corrected chi connectivity index (χ1v) is 3.89. The van der Waals surface area contributed by atoms with Crippen LogP contribution in [0.1, 0.15) is 0 Å². The summed E-state index contributed by atoms with van der Waals surface area (Å²) in [4.78, 5) is 10.2. The third kappa shape index (κ3) is 2.70. The van der Waals surface area contributed by atoms with E-state index in [1.165, 1.54) is 18.2 Å². The summed E-state index contributed by atoms with van der Waals surface area (Å²) in [6.45, 7) is -0.476. The van der Waals surface area contributed by atoms with Crippen LogP contribution in [0.3, 0.4) is 0 Å². The molecule has 76 valence electrons. The Hall–Kier alpha value is -1.62. The van der Waals surface area contributed by atoms with Gasteiger partial charge in [0.2, 0.25) is 0 Å². The van der Waals surface area contributed by atoms with Gasteiger partial charge in [0.15, 0.2) is 17.7 Å². The summed E-state index contributed by atoms with van der Waals surface area (Å²) in [7, 11) is 0. The number of aliphatic hydroxyl groups excluding tert-OH is 1. The summed E-state index contributed by atoms with van der Waals surface area (Å²) in [5.74, 6) is -2.07. The molecule has 0 heterocycles. The van der Waals surface area contributed by atoms with E-state index in [1.807, 2.05) is 0 Å². The summed E-state index contributed by atoms with van der Waals surface area (Å²) in [6.07, 6.45) is -1.64. The number of aliphatic hydroxyl groups is 1. The van der Waals surface area contributed by atoms with Crippen molar-refractivity contribution in [3.05, 3.63) is 30.1 Å². The Kier molecular flexibility index (Phi) is 3.41. The van der Waals surface area contributed by atoms with Crippen LogP contribution < -0.4 is 4.74 Å². The number of para-hydroxylation sites is 1. The molecular formula is C9H9FO4. The molecule has 2 N–H and O–H groups in total. The fourth-order valence-corrected chi connectivity index (χ4v) is 0.802. The summed E-state index contributed by atoms with van der Waals surface area (Å²) in [6, 6.07) is 5.56. The van der Waals surface area contributed by atoms with Gasteiger partial charge in [0.25, 0.3) is 0 Å². The molecule has 5 heteroatoms. The lowest BCUT2D eigenvalue weighted by Crippen LogP contribution is -2.27. The van der Waals surface area contributed by atoms with Crippen molar-refractivity contribution in [3.63, 3.8) is 0 Å². The van der Waals surface area contributed by atoms with Crippen LogP contribution in [-0.2, 0) is 4.79 Å². The van der Waals surface area contributed by atoms with Gasteiger partial charge < -0.3 is 14.9 Å². The van der Waals surface area contributed by atoms with Crippen LogP contribution in [0.5, 0.6) is 5.75 Å². The first-order chi connectivity index (χ1) is 6.61. The topological polar surface area (TPSA) is 66.8 Å². The summed E-state index contributed by atoms with van der Waals surface area (Å²) in [5.41, 5.74) is 0. The number of benzene rings is 1. The van der Waals surface area contributed by atoms with Crippen LogP contribution >= 0.6 is 0 Å². The van der Waals surface area contributed by atoms with Crippen molar-refractivity contribution >= 4 is 5.97 Å². The molecule has 0 aliphatic carbocycles. The molecule has 1 unspecified atom stereocenters. The molecule has 0 aliphatic rings. The van der Waals surface area contributed by atoms with Crippen molar-refractivity contribution in [1.29, 1.82) is 0 Å². The zero-order valence-corrected chi connectivity index (χ0v) is 7.18. The van der Waals surface area contributed by atoms with Crippen LogP contribution in [0.2, 0.25) is 0 Å². The Bertz CT molecular complexity index is 326. The first kappa shape index (κ1) is 10.5. The van der Waals surface area contributed by atoms with Gasteiger partial charge in [-0.05, 0) is 12.1 Å². The van der Waals surface area contributed by atoms with Crippen LogP contribution in [0, 0.1) is 5.82 Å². The maximum Gasteiger partial charge on any atom is 0.336 e. The van der Waals surface area contributed by atoms with E-state index in [2.05, 4.69) is 0 Å². The van der Waals surface area contributed by atoms with Crippen molar-refractivity contribution < 1.29 is 24.1 Å². The third-order valence-electron chi connectivity index (χ3n) is 1.52. The van der Waals surface area contributed by atoms with Crippen molar-refractivity contribution in [2.45, 2.75) is 6.10 Å². The fourth-order valence-electron chi connectivity index (χ4n) is 0.802. The standard InChI is InChI=1S/C9H9FO4/c10-6-3-1-2-4-8(6)14-5-7(11)9(12)13/h1-4,7,11H,5H2,(H,12,13). The minimum Gasteiger partial charge on any atom is -0.487 e. The predicted octanol–water partition coefficient (Wildman–Crippen LogP) is 0.650. The Morgan fingerprint density at radius 3 is 2.71 bits per heavy atom. The third-order valence-corrected chi connectivity index (χ3v) is 1.52. The Morgan fingerprint density at radius 2 is 2.14 bits per heavy atom. The molecule has 0 aromatic heterocycles. The van der Waals surface area contributed by atoms with Crippen LogP contribution in [0.15, 0.2) is 24.3 Å². The Morgan fingerprint density at radius 1 is 1.50 bits per heavy atom. The second-order valence-electron chi connectivity index (χ2n) is 2.60. The highest BCUT2D eigenvalue weighted by Crippen LogP contribution is 2.15. The number of carboxylic acid groups (broad SMARTS) is 1. The van der Waals surface area contributed by atoms with Crippen LogP contribution in [0.25, 0.3) is 0 Å². The lowest BCUT2D eigenvalue weighted by atomic mass is 10.3. The van der Waals surface area contributed by atoms with Crippen molar-refractivity contribution in [2.75, 3.05) is 6.61 Å². The van der Waals surface area contributed by atoms with E-state index >= 15 is 0 Å². The number of ether oxygens (including phenoxy) is 1. The number of halogens is 1. The van der Waals surface area contributed by atoms with Crippen LogP contribution in [-0.4, -0.2) is 28.9 Å². The Labute approximate surface area is 79.6 Å². The number of aliphatic carboxylic acids is 1. The van der Waals surface area contributed by atoms with Gasteiger partial charge >= 0.3 is 5.97 Å². The molecule has 14 heavy (non-hydrogen) atoms. The second kappa shape index (κ2) is 4.57. The van der Waals surface area contributed by atoms with E-state index in [4.69, 9.17) is 14.9 Å². The Balaban J connectivity index is 2.54. The largest absolute Gasteiger partial charge is 0.487 e. The van der Waals surface area contributed by atoms with E-state index in [0.717, 1.165) is 0 Å². The minimum absolute atomic E-state index is 0.0761. The van der Waals surface area contributed by atoms with Crippen molar-refractivity contribution in [1.82, 2.24) is 0 Å². The van der Waals surface area contributed by atoms with Crippen molar-refractivity contribution in [3.8, 4) is 5.75 Å². The fraction of sp³-hybridized carbons (Fsp3) is 0.222. The van der Waals surface area contributed by atoms with E-state index in [-0.39, 0.29) is 5.75 Å². The quantitative estimate of drug-likeness (QED) is 0.748. The van der Waals surface area contributed by atoms with Crippen molar-refractivity contribution in [2.24, 2.45) is 0 Å². The lowest BCUT2D eigenvalue weighted by molar-refractivity contribution is -0.148. The molecule has 0 saturated heterocycles. The molecule has 1 aromatic carbocycles. The molecule has 1 aromatic rings. The monoisotopic (exact) mass is 200 g/mol. The van der Waals surface area contributed by atoms with Gasteiger partial charge in [-0.1, -0.05) is 12.1 Å². The average Bonchev–Trinajstić information content (AvgIpc) is 2.16. The summed E-state index contributed by atoms with van der Waals surface area (Å²) in [5, 5.41) is 17.1. The van der Waals surface area contributed by atoms with Gasteiger partial charge in [-0.25, -0.2) is 9.18 Å². The van der Waals surface area contributed by atoms with E-state index in [1.54, 1.807) is 6.07 Å². The lowest BCUT2D eigenvalue weighted by Gasteiger charge is -2.08. The maximum atomic E-state index is 12.9. The highest BCUT2D eigenvalue weighted by atomic mass is 19.1. The second-order valence-corrected chi connectivity index (χ2v) is 2.60. The number of rotatable bonds is 4. The highest BCUT2D eigenvalue weighted by molar-refractivity contribution is 5.72. The van der Waals surface area contributed by atoms with Gasteiger partial charge in [0.05, 0.1) is 0 Å². The number of hydrogen-bond acceptors (Lipinski definition) is 3. The number of carboxylic acids is 1. The highest BCUT2D eigenvalue weighted by Gasteiger charge is 2.14. The maximum absolute atomic E-state index is 12.9. The molecule has 0 radical (unpaired) electrons. The zero-order valence-electron chi connectivity index (χ0n) is 7.18. The molecule has 4 nitrogen and oxygen atoms in total. The molecule has 0 spiro atoms. The van der Waals surface area contributed by atoms with Gasteiger partial charge in [-0.3, -0.25) is 0 Å². The molecular weight excluding hydrogens is 191 g/mol. The predicted molar refractivity (Wildman–Crippen MR) is 45.5 cm³/mol. The summed E-state index contributed by atoms with van der Waals surface area (Å²) >= 11 is 0. The number of carbonyl (C=O) groups is 1. The molecule has 1 atom stereocenters. The normalized spacial score (nSPS) is 12.1. The van der Waals surface area contributed by atoms with E-state index < -0.39 is 24.5 Å². The number of hydrogen-bond donors (Lipinski definition) is 2. The zero-order chi connectivity index (χ0) is 10.6. The van der Waals surface area contributed by atoms with Gasteiger partial charge in [-0.2, -0.15) is 0 Å². The first-order valence-electron chi connectivity index (χ1n) is 3.89. The molecule has 0 amide bonds. The summed E-state index contributed by atoms with van der Waals surface area (Å²) < 4.78 is 17.6. The molecule has 1 rings (SSSR count). The van der Waals surface area contributed by atoms with Crippen LogP contribution in [0.4, 0.5) is 4.39 Å². The molecule has 0 saturated carbocycles. The molecule has 0 aliphatic heterocycles. The molecule has 0 bridgehead atoms. The van der Waals surface area contributed by atoms with Gasteiger partial charge in [0.1, 0.15) is 6.61 Å². The minimum atomic E-state index is -1.64. The van der Waals surface area contributed by atoms with Gasteiger partial charge in [-0.15, -0.1) is 0 Å². The van der Waals surface area contributed by atoms with E-state index in [9.17, 15) is 9.18 Å². The van der Waals surface area contributed by atoms with E-state index in [0.29, 0.717) is 0 Å². The van der Waals surface area contributed by atoms with Gasteiger partial charge in [0, 0.05) is 0 Å². The smallest absolute Gasteiger partial charge is 0.336 e.